The third-order valence-corrected chi connectivity index (χ3v) is 2.78. The molecule has 0 aliphatic rings. The summed E-state index contributed by atoms with van der Waals surface area (Å²) in [6.07, 6.45) is 2.44. The quantitative estimate of drug-likeness (QED) is 0.683. The van der Waals surface area contributed by atoms with Gasteiger partial charge in [0.05, 0.1) is 11.3 Å². The number of aromatic nitrogens is 1. The van der Waals surface area contributed by atoms with Gasteiger partial charge in [0, 0.05) is 30.9 Å². The Hall–Kier alpha value is -2.56. The minimum absolute atomic E-state index is 0.268. The summed E-state index contributed by atoms with van der Waals surface area (Å²) in [5, 5.41) is 29.8. The Balaban J connectivity index is 2.02. The fourth-order valence-corrected chi connectivity index (χ4v) is 1.83. The molecule has 0 aliphatic carbocycles. The maximum Gasteiger partial charge on any atom is 0.707 e. The smallest absolute Gasteiger partial charge is 0.512 e. The van der Waals surface area contributed by atoms with E-state index in [1.54, 1.807) is 18.3 Å². The van der Waals surface area contributed by atoms with E-state index < -0.39 is 7.32 Å². The van der Waals surface area contributed by atoms with E-state index in [1.165, 1.54) is 6.07 Å². The molecule has 6 nitrogen and oxygen atoms in total. The second-order valence-corrected chi connectivity index (χ2v) is 4.26. The van der Waals surface area contributed by atoms with Crippen molar-refractivity contribution in [3.05, 3.63) is 53.9 Å². The van der Waals surface area contributed by atoms with Gasteiger partial charge < -0.3 is 20.0 Å². The summed E-state index contributed by atoms with van der Waals surface area (Å²) in [6.45, 7) is 0.594. The standard InChI is InChI=1S/C14H14BN3O3/c16-10-11-4-5-13(21-15(19)20)9-14(11)18-8-6-12-3-1-2-7-17-12/h1-5,7,9,18-20H,6,8H2. The van der Waals surface area contributed by atoms with Crippen LogP contribution in [0, 0.1) is 11.3 Å². The van der Waals surface area contributed by atoms with Crippen LogP contribution in [0.5, 0.6) is 5.75 Å². The van der Waals surface area contributed by atoms with Gasteiger partial charge in [-0.1, -0.05) is 6.07 Å². The Morgan fingerprint density at radius 3 is 2.81 bits per heavy atom. The third-order valence-electron chi connectivity index (χ3n) is 2.78. The lowest BCUT2D eigenvalue weighted by atomic mass is 10.1. The van der Waals surface area contributed by atoms with Gasteiger partial charge in [0.2, 0.25) is 0 Å². The Morgan fingerprint density at radius 1 is 1.29 bits per heavy atom. The lowest BCUT2D eigenvalue weighted by molar-refractivity contribution is 0.288. The van der Waals surface area contributed by atoms with E-state index in [0.717, 1.165) is 5.69 Å². The predicted octanol–water partition coefficient (Wildman–Crippen LogP) is 0.956. The van der Waals surface area contributed by atoms with Gasteiger partial charge >= 0.3 is 7.32 Å². The van der Waals surface area contributed by atoms with Crippen LogP contribution in [0.1, 0.15) is 11.3 Å². The minimum atomic E-state index is -1.89. The maximum absolute atomic E-state index is 9.07. The highest BCUT2D eigenvalue weighted by Gasteiger charge is 2.12. The molecule has 0 bridgehead atoms. The van der Waals surface area contributed by atoms with Gasteiger partial charge in [-0.2, -0.15) is 5.26 Å². The summed E-state index contributed by atoms with van der Waals surface area (Å²) in [5.41, 5.74) is 1.98. The van der Waals surface area contributed by atoms with E-state index in [4.69, 9.17) is 20.0 Å². The molecule has 1 aromatic carbocycles. The highest BCUT2D eigenvalue weighted by atomic mass is 16.6. The number of nitrogens with one attached hydrogen (secondary N) is 1. The zero-order valence-corrected chi connectivity index (χ0v) is 11.2. The zero-order chi connectivity index (χ0) is 15.1. The molecule has 0 spiro atoms. The van der Waals surface area contributed by atoms with Gasteiger partial charge in [-0.25, -0.2) is 0 Å². The molecule has 0 atom stereocenters. The first-order valence-corrected chi connectivity index (χ1v) is 6.40. The Bertz CT molecular complexity index is 629. The number of pyridine rings is 1. The van der Waals surface area contributed by atoms with Crippen molar-refractivity contribution in [2.75, 3.05) is 11.9 Å². The number of benzene rings is 1. The molecule has 0 aliphatic heterocycles. The molecule has 2 rings (SSSR count). The predicted molar refractivity (Wildman–Crippen MR) is 78.4 cm³/mol. The van der Waals surface area contributed by atoms with Crippen LogP contribution in [0.4, 0.5) is 5.69 Å². The molecule has 0 unspecified atom stereocenters. The lowest BCUT2D eigenvalue weighted by Gasteiger charge is -2.11. The van der Waals surface area contributed by atoms with Crippen LogP contribution in [-0.4, -0.2) is 28.9 Å². The molecule has 1 aromatic heterocycles. The number of rotatable bonds is 6. The van der Waals surface area contributed by atoms with Gasteiger partial charge in [0.15, 0.2) is 0 Å². The molecule has 3 N–H and O–H groups in total. The Labute approximate surface area is 122 Å². The number of anilines is 1. The molecule has 21 heavy (non-hydrogen) atoms. The second kappa shape index (κ2) is 7.29. The van der Waals surface area contributed by atoms with E-state index >= 15 is 0 Å². The minimum Gasteiger partial charge on any atom is -0.512 e. The van der Waals surface area contributed by atoms with E-state index in [9.17, 15) is 0 Å². The number of hydrogen-bond donors (Lipinski definition) is 3. The van der Waals surface area contributed by atoms with Gasteiger partial charge in [0.1, 0.15) is 11.8 Å². The van der Waals surface area contributed by atoms with Crippen molar-refractivity contribution < 1.29 is 14.7 Å². The average molecular weight is 283 g/mol. The number of hydrogen-bond acceptors (Lipinski definition) is 6. The summed E-state index contributed by atoms with van der Waals surface area (Å²) >= 11 is 0. The highest BCUT2D eigenvalue weighted by molar-refractivity contribution is 6.33. The fourth-order valence-electron chi connectivity index (χ4n) is 1.83. The largest absolute Gasteiger partial charge is 0.707 e. The van der Waals surface area contributed by atoms with Crippen LogP contribution in [0.3, 0.4) is 0 Å². The topological polar surface area (TPSA) is 98.4 Å². The van der Waals surface area contributed by atoms with Gasteiger partial charge in [0.25, 0.3) is 0 Å². The summed E-state index contributed by atoms with van der Waals surface area (Å²) in [6, 6.07) is 12.4. The molecule has 0 saturated carbocycles. The average Bonchev–Trinajstić information content (AvgIpc) is 2.48. The number of nitrogens with zero attached hydrogens (tertiary/aromatic N) is 2. The summed E-state index contributed by atoms with van der Waals surface area (Å²) in [7, 11) is -1.89. The first-order valence-electron chi connectivity index (χ1n) is 6.40. The van der Waals surface area contributed by atoms with E-state index in [2.05, 4.69) is 16.4 Å². The van der Waals surface area contributed by atoms with Crippen molar-refractivity contribution >= 4 is 13.0 Å². The Kier molecular flexibility index (Phi) is 5.15. The van der Waals surface area contributed by atoms with Crippen molar-refractivity contribution in [3.63, 3.8) is 0 Å². The zero-order valence-electron chi connectivity index (χ0n) is 11.2. The molecular formula is C14H14BN3O3. The van der Waals surface area contributed by atoms with E-state index in [0.29, 0.717) is 24.2 Å². The van der Waals surface area contributed by atoms with Gasteiger partial charge in [-0.15, -0.1) is 0 Å². The van der Waals surface area contributed by atoms with Crippen LogP contribution < -0.4 is 9.97 Å². The first kappa shape index (κ1) is 14.8. The van der Waals surface area contributed by atoms with Crippen molar-refractivity contribution in [2.45, 2.75) is 6.42 Å². The molecule has 0 radical (unpaired) electrons. The normalized spacial score (nSPS) is 9.76. The fraction of sp³-hybridized carbons (Fsp3) is 0.143. The van der Waals surface area contributed by atoms with Crippen LogP contribution >= 0.6 is 0 Å². The highest BCUT2D eigenvalue weighted by Crippen LogP contribution is 2.22. The van der Waals surface area contributed by atoms with E-state index in [1.807, 2.05) is 18.2 Å². The molecule has 1 heterocycles. The maximum atomic E-state index is 9.07. The van der Waals surface area contributed by atoms with E-state index in [-0.39, 0.29) is 5.75 Å². The molecule has 0 fully saturated rings. The number of nitriles is 1. The SMILES string of the molecule is N#Cc1ccc(OB(O)O)cc1NCCc1ccccn1. The lowest BCUT2D eigenvalue weighted by Crippen LogP contribution is -2.20. The Morgan fingerprint density at radius 2 is 2.14 bits per heavy atom. The van der Waals surface area contributed by atoms with Crippen molar-refractivity contribution in [1.82, 2.24) is 4.98 Å². The molecule has 7 heteroatoms. The van der Waals surface area contributed by atoms with Crippen molar-refractivity contribution in [1.29, 1.82) is 5.26 Å². The van der Waals surface area contributed by atoms with Crippen molar-refractivity contribution in [3.8, 4) is 11.8 Å². The molecule has 0 saturated heterocycles. The van der Waals surface area contributed by atoms with Crippen LogP contribution in [0.2, 0.25) is 0 Å². The third kappa shape index (κ3) is 4.49. The molecule has 106 valence electrons. The van der Waals surface area contributed by atoms with Crippen LogP contribution in [0.25, 0.3) is 0 Å². The van der Waals surface area contributed by atoms with Crippen LogP contribution in [0.15, 0.2) is 42.6 Å². The van der Waals surface area contributed by atoms with Gasteiger partial charge in [-0.05, 0) is 24.3 Å². The molecular weight excluding hydrogens is 269 g/mol. The monoisotopic (exact) mass is 283 g/mol. The molecule has 2 aromatic rings. The second-order valence-electron chi connectivity index (χ2n) is 4.26. The van der Waals surface area contributed by atoms with Crippen LogP contribution in [-0.2, 0) is 6.42 Å². The summed E-state index contributed by atoms with van der Waals surface area (Å²) in [5.74, 6) is 0.268. The molecule has 0 amide bonds. The van der Waals surface area contributed by atoms with Gasteiger partial charge in [-0.3, -0.25) is 4.98 Å². The van der Waals surface area contributed by atoms with Crippen molar-refractivity contribution in [2.24, 2.45) is 0 Å². The summed E-state index contributed by atoms with van der Waals surface area (Å²) < 4.78 is 4.77. The first-order chi connectivity index (χ1) is 10.2. The summed E-state index contributed by atoms with van der Waals surface area (Å²) in [4.78, 5) is 4.21.